The largest absolute Gasteiger partial charge is 0.465 e. The highest BCUT2D eigenvalue weighted by Gasteiger charge is 2.30. The Kier molecular flexibility index (Phi) is 14.2. The van der Waals surface area contributed by atoms with Gasteiger partial charge in [-0.2, -0.15) is 4.99 Å². The van der Waals surface area contributed by atoms with Gasteiger partial charge in [0.2, 0.25) is 0 Å². The van der Waals surface area contributed by atoms with Crippen LogP contribution >= 0.6 is 0 Å². The summed E-state index contributed by atoms with van der Waals surface area (Å²) in [6.45, 7) is 3.94. The van der Waals surface area contributed by atoms with Crippen LogP contribution in [0.3, 0.4) is 0 Å². The summed E-state index contributed by atoms with van der Waals surface area (Å²) in [5, 5.41) is 0. The van der Waals surface area contributed by atoms with E-state index in [1.807, 2.05) is 19.9 Å². The fraction of sp³-hybridized carbons (Fsp3) is 0.583. The van der Waals surface area contributed by atoms with Crippen LogP contribution in [0.25, 0.3) is 0 Å². The Morgan fingerprint density at radius 1 is 0.708 bits per heavy atom. The summed E-state index contributed by atoms with van der Waals surface area (Å²) in [7, 11) is -5.56. The van der Waals surface area contributed by atoms with Crippen molar-refractivity contribution in [3.05, 3.63) is 57.6 Å². The molecule has 0 atom stereocenters. The van der Waals surface area contributed by atoms with Crippen molar-refractivity contribution in [2.75, 3.05) is 19.6 Å². The smallest absolute Gasteiger partial charge is 0.338 e. The molecule has 0 radical (unpaired) electrons. The number of hydrogen-bond acceptors (Lipinski definition) is 7. The molecule has 0 heterocycles. The van der Waals surface area contributed by atoms with Crippen LogP contribution in [-0.4, -0.2) is 54.3 Å². The van der Waals surface area contributed by atoms with E-state index in [4.69, 9.17) is 16.2 Å². The fourth-order valence-electron chi connectivity index (χ4n) is 7.31. The molecule has 48 heavy (non-hydrogen) atoms. The summed E-state index contributed by atoms with van der Waals surface area (Å²) in [4.78, 5) is 28.7. The highest BCUT2D eigenvalue weighted by atomic mass is 32.2. The second-order valence-corrected chi connectivity index (χ2v) is 17.0. The first-order chi connectivity index (χ1) is 22.6. The number of methoxy groups -OCH3 is 1. The number of aliphatic imine (C=N–C) groups is 1. The number of rotatable bonds is 10. The Hall–Kier alpha value is -3.25. The Labute approximate surface area is 287 Å². The van der Waals surface area contributed by atoms with Crippen LogP contribution in [0.1, 0.15) is 146 Å². The zero-order chi connectivity index (χ0) is 35.6. The average molecular weight is 704 g/mol. The normalized spacial score (nSPS) is 16.0. The van der Waals surface area contributed by atoms with E-state index in [1.54, 1.807) is 18.2 Å². The molecule has 10 nitrogen and oxygen atoms in total. The molecule has 0 bridgehead atoms. The van der Waals surface area contributed by atoms with E-state index in [0.717, 1.165) is 75.3 Å². The molecule has 0 saturated heterocycles. The third-order valence-corrected chi connectivity index (χ3v) is 11.7. The van der Waals surface area contributed by atoms with Gasteiger partial charge in [0.25, 0.3) is 5.91 Å². The van der Waals surface area contributed by atoms with Crippen molar-refractivity contribution in [1.29, 1.82) is 0 Å². The molecule has 0 aromatic heterocycles. The van der Waals surface area contributed by atoms with Gasteiger partial charge in [0.05, 0.1) is 22.5 Å². The second kappa shape index (κ2) is 17.4. The van der Waals surface area contributed by atoms with E-state index in [1.165, 1.54) is 32.5 Å². The van der Waals surface area contributed by atoms with E-state index in [-0.39, 0.29) is 23.4 Å². The van der Waals surface area contributed by atoms with Crippen LogP contribution in [0.15, 0.2) is 39.0 Å². The Morgan fingerprint density at radius 2 is 1.10 bits per heavy atom. The van der Waals surface area contributed by atoms with Gasteiger partial charge in [0.1, 0.15) is 0 Å². The van der Waals surface area contributed by atoms with Crippen molar-refractivity contribution in [3.63, 3.8) is 0 Å². The van der Waals surface area contributed by atoms with Crippen LogP contribution in [0, 0.1) is 0 Å². The Balaban J connectivity index is 0.000000261. The van der Waals surface area contributed by atoms with Crippen LogP contribution in [0.2, 0.25) is 0 Å². The summed E-state index contributed by atoms with van der Waals surface area (Å²) in [5.74, 6) is -0.890. The first-order valence-corrected chi connectivity index (χ1v) is 20.9. The molecule has 4 rings (SSSR count). The number of carbonyl (C=O) groups excluding carboxylic acids is 2. The minimum absolute atomic E-state index is 0.223. The number of ether oxygens (including phenoxy) is 1. The Morgan fingerprint density at radius 3 is 1.46 bits per heavy atom. The minimum atomic E-state index is -3.48. The number of benzene rings is 2. The number of amides is 1. The molecule has 1 amide bonds. The lowest BCUT2D eigenvalue weighted by Gasteiger charge is -2.26. The van der Waals surface area contributed by atoms with Gasteiger partial charge in [-0.15, -0.1) is 0 Å². The third kappa shape index (κ3) is 9.90. The standard InChI is InChI=1S/C18H27N3O3S.C18H26O4S/c1-3-7-14-15(17(22)21-18(19)20)11-10-13(16(14)25(2,23)24)12-8-5-4-6-9-12;1-4-8-15-16(18(19)22-2)12-11-14(17(15)23(3,20)21)13-9-6-5-7-10-13/h10-12H,3-9H2,1-2H3,(H4,19,20,21,22);11-13H,4-10H2,1-3H3. The van der Waals surface area contributed by atoms with Gasteiger partial charge < -0.3 is 16.2 Å². The quantitative estimate of drug-likeness (QED) is 0.162. The molecular formula is C36H53N3O7S2. The molecule has 2 fully saturated rings. The number of sulfone groups is 2. The molecule has 0 spiro atoms. The van der Waals surface area contributed by atoms with Crippen LogP contribution in [-0.2, 0) is 37.3 Å². The average Bonchev–Trinajstić information content (AvgIpc) is 3.04. The van der Waals surface area contributed by atoms with Gasteiger partial charge in [0, 0.05) is 18.1 Å². The molecule has 4 N–H and O–H groups in total. The molecule has 266 valence electrons. The maximum Gasteiger partial charge on any atom is 0.338 e. The van der Waals surface area contributed by atoms with Crippen molar-refractivity contribution >= 4 is 37.5 Å². The van der Waals surface area contributed by atoms with Crippen molar-refractivity contribution in [2.24, 2.45) is 16.5 Å². The van der Waals surface area contributed by atoms with E-state index in [0.29, 0.717) is 39.3 Å². The van der Waals surface area contributed by atoms with Crippen molar-refractivity contribution in [1.82, 2.24) is 0 Å². The van der Waals surface area contributed by atoms with E-state index >= 15 is 0 Å². The lowest BCUT2D eigenvalue weighted by atomic mass is 9.82. The van der Waals surface area contributed by atoms with Crippen molar-refractivity contribution in [3.8, 4) is 0 Å². The zero-order valence-corrected chi connectivity index (χ0v) is 30.8. The number of nitrogens with zero attached hydrogens (tertiary/aromatic N) is 1. The number of hydrogen-bond donors (Lipinski definition) is 2. The highest BCUT2D eigenvalue weighted by Crippen LogP contribution is 2.40. The van der Waals surface area contributed by atoms with Crippen molar-refractivity contribution < 1.29 is 31.2 Å². The van der Waals surface area contributed by atoms with Crippen LogP contribution in [0.4, 0.5) is 0 Å². The van der Waals surface area contributed by atoms with Gasteiger partial charge in [-0.1, -0.05) is 77.3 Å². The predicted molar refractivity (Wildman–Crippen MR) is 190 cm³/mol. The molecule has 2 aliphatic rings. The fourth-order valence-corrected chi connectivity index (χ4v) is 9.96. The monoisotopic (exact) mass is 703 g/mol. The summed E-state index contributed by atoms with van der Waals surface area (Å²) < 4.78 is 55.0. The maximum atomic E-state index is 12.6. The first kappa shape index (κ1) is 39.2. The molecule has 0 unspecified atom stereocenters. The molecule has 2 aromatic carbocycles. The predicted octanol–water partition coefficient (Wildman–Crippen LogP) is 6.38. The lowest BCUT2D eigenvalue weighted by Crippen LogP contribution is -2.25. The maximum absolute atomic E-state index is 12.6. The molecule has 12 heteroatoms. The van der Waals surface area contributed by atoms with Gasteiger partial charge in [-0.05, 0) is 84.7 Å². The summed E-state index contributed by atoms with van der Waals surface area (Å²) in [6, 6.07) is 7.03. The van der Waals surface area contributed by atoms with Gasteiger partial charge >= 0.3 is 5.97 Å². The topological polar surface area (TPSA) is 176 Å². The lowest BCUT2D eigenvalue weighted by molar-refractivity contribution is 0.0598. The van der Waals surface area contributed by atoms with Crippen LogP contribution < -0.4 is 11.5 Å². The number of nitrogens with two attached hydrogens (primary N) is 2. The molecule has 2 aromatic rings. The molecule has 0 aliphatic heterocycles. The van der Waals surface area contributed by atoms with E-state index in [9.17, 15) is 26.4 Å². The second-order valence-electron chi connectivity index (χ2n) is 13.1. The number of esters is 1. The summed E-state index contributed by atoms with van der Waals surface area (Å²) in [5.41, 5.74) is 14.2. The van der Waals surface area contributed by atoms with Crippen LogP contribution in [0.5, 0.6) is 0 Å². The molecule has 2 saturated carbocycles. The van der Waals surface area contributed by atoms with E-state index < -0.39 is 31.6 Å². The third-order valence-electron chi connectivity index (χ3n) is 9.28. The molecule has 2 aliphatic carbocycles. The van der Waals surface area contributed by atoms with Gasteiger partial charge in [-0.3, -0.25) is 4.79 Å². The highest BCUT2D eigenvalue weighted by molar-refractivity contribution is 7.91. The first-order valence-electron chi connectivity index (χ1n) is 17.1. The van der Waals surface area contributed by atoms with Gasteiger partial charge in [-0.25, -0.2) is 21.6 Å². The number of carbonyl (C=O) groups is 2. The van der Waals surface area contributed by atoms with Gasteiger partial charge in [0.15, 0.2) is 25.6 Å². The number of guanidine groups is 1. The zero-order valence-electron chi connectivity index (χ0n) is 29.1. The van der Waals surface area contributed by atoms with E-state index in [2.05, 4.69) is 4.99 Å². The summed E-state index contributed by atoms with van der Waals surface area (Å²) in [6.07, 6.45) is 15.9. The summed E-state index contributed by atoms with van der Waals surface area (Å²) >= 11 is 0. The SMILES string of the molecule is CCCc1c(C(=O)N=C(N)N)ccc(C2CCCCC2)c1S(C)(=O)=O.CCCc1c(C(=O)OC)ccc(C2CCCCC2)c1S(C)(=O)=O. The Bertz CT molecular complexity index is 1700. The minimum Gasteiger partial charge on any atom is -0.465 e. The van der Waals surface area contributed by atoms with Crippen molar-refractivity contribution in [2.45, 2.75) is 125 Å². The molecular weight excluding hydrogens is 651 g/mol.